The molecule has 1 aromatic carbocycles. The molecule has 0 radical (unpaired) electrons. The summed E-state index contributed by atoms with van der Waals surface area (Å²) in [6.45, 7) is 3.57. The van der Waals surface area contributed by atoms with Gasteiger partial charge in [-0.1, -0.05) is 17.7 Å². The van der Waals surface area contributed by atoms with E-state index in [9.17, 15) is 18.4 Å². The summed E-state index contributed by atoms with van der Waals surface area (Å²) >= 11 is 5.50. The minimum atomic E-state index is -0.990. The minimum absolute atomic E-state index is 0.0703. The second kappa shape index (κ2) is 7.32. The van der Waals surface area contributed by atoms with Crippen LogP contribution >= 0.6 is 11.6 Å². The summed E-state index contributed by atoms with van der Waals surface area (Å²) in [7, 11) is 0. The van der Waals surface area contributed by atoms with Crippen molar-refractivity contribution in [3.63, 3.8) is 0 Å². The highest BCUT2D eigenvalue weighted by Crippen LogP contribution is 2.22. The zero-order valence-electron chi connectivity index (χ0n) is 14.4. The molecule has 6 nitrogen and oxygen atoms in total. The Morgan fingerprint density at radius 3 is 2.59 bits per heavy atom. The Bertz CT molecular complexity index is 1050. The van der Waals surface area contributed by atoms with Gasteiger partial charge in [0.1, 0.15) is 17.3 Å². The van der Waals surface area contributed by atoms with Gasteiger partial charge in [0.15, 0.2) is 11.5 Å². The monoisotopic (exact) mass is 392 g/mol. The number of anilines is 1. The number of benzene rings is 1. The zero-order chi connectivity index (χ0) is 19.7. The summed E-state index contributed by atoms with van der Waals surface area (Å²) in [5, 5.41) is 4.66. The van der Waals surface area contributed by atoms with Crippen LogP contribution in [0.3, 0.4) is 0 Å². The fourth-order valence-corrected chi connectivity index (χ4v) is 2.65. The lowest BCUT2D eigenvalue weighted by Crippen LogP contribution is -2.32. The molecule has 140 valence electrons. The van der Waals surface area contributed by atoms with Crippen molar-refractivity contribution in [3.05, 3.63) is 64.4 Å². The predicted molar refractivity (Wildman–Crippen MR) is 97.1 cm³/mol. The van der Waals surface area contributed by atoms with Crippen LogP contribution in [0.2, 0.25) is 5.02 Å². The van der Waals surface area contributed by atoms with Gasteiger partial charge >= 0.3 is 0 Å². The maximum absolute atomic E-state index is 14.0. The fraction of sp³-hybridized carbons (Fsp3) is 0.167. The van der Waals surface area contributed by atoms with E-state index >= 15 is 0 Å². The Kier molecular flexibility index (Phi) is 5.09. The van der Waals surface area contributed by atoms with E-state index < -0.39 is 34.0 Å². The van der Waals surface area contributed by atoms with Crippen LogP contribution in [0.1, 0.15) is 34.7 Å². The number of carbonyl (C=O) groups is 2. The molecule has 3 rings (SSSR count). The van der Waals surface area contributed by atoms with Gasteiger partial charge in [0.2, 0.25) is 0 Å². The first kappa shape index (κ1) is 18.8. The molecule has 0 unspecified atom stereocenters. The molecular weight excluding hydrogens is 378 g/mol. The van der Waals surface area contributed by atoms with E-state index in [-0.39, 0.29) is 17.6 Å². The average molecular weight is 393 g/mol. The molecule has 27 heavy (non-hydrogen) atoms. The number of rotatable bonds is 4. The second-order valence-corrected chi connectivity index (χ2v) is 6.47. The number of halogens is 3. The Balaban J connectivity index is 2.03. The number of amides is 2. The van der Waals surface area contributed by atoms with Crippen molar-refractivity contribution in [3.8, 4) is 0 Å². The molecular formula is C18H15ClF2N4O2. The summed E-state index contributed by atoms with van der Waals surface area (Å²) < 4.78 is 29.1. The van der Waals surface area contributed by atoms with Crippen molar-refractivity contribution in [1.29, 1.82) is 0 Å². The van der Waals surface area contributed by atoms with Crippen LogP contribution in [0.4, 0.5) is 14.6 Å². The lowest BCUT2D eigenvalue weighted by Gasteiger charge is -2.10. The van der Waals surface area contributed by atoms with E-state index in [0.717, 1.165) is 0 Å². The summed E-state index contributed by atoms with van der Waals surface area (Å²) in [6, 6.07) is 6.30. The topological polar surface area (TPSA) is 75.5 Å². The van der Waals surface area contributed by atoms with E-state index in [1.165, 1.54) is 4.40 Å². The van der Waals surface area contributed by atoms with Crippen LogP contribution in [0.25, 0.3) is 5.65 Å². The normalized spacial score (nSPS) is 11.0. The van der Waals surface area contributed by atoms with Crippen molar-refractivity contribution in [1.82, 2.24) is 14.7 Å². The molecule has 2 aromatic heterocycles. The lowest BCUT2D eigenvalue weighted by atomic mass is 10.2. The molecule has 0 aliphatic carbocycles. The second-order valence-electron chi connectivity index (χ2n) is 6.07. The molecule has 0 aliphatic rings. The van der Waals surface area contributed by atoms with Gasteiger partial charge in [-0.2, -0.15) is 0 Å². The lowest BCUT2D eigenvalue weighted by molar-refractivity contribution is 0.0938. The van der Waals surface area contributed by atoms with Crippen LogP contribution < -0.4 is 10.6 Å². The van der Waals surface area contributed by atoms with Gasteiger partial charge in [0, 0.05) is 12.2 Å². The van der Waals surface area contributed by atoms with Crippen LogP contribution in [-0.4, -0.2) is 27.2 Å². The van der Waals surface area contributed by atoms with Crippen molar-refractivity contribution in [2.45, 2.75) is 19.9 Å². The number of hydrogen-bond donors (Lipinski definition) is 2. The van der Waals surface area contributed by atoms with Gasteiger partial charge in [-0.25, -0.2) is 13.8 Å². The first-order chi connectivity index (χ1) is 12.8. The first-order valence-corrected chi connectivity index (χ1v) is 8.39. The van der Waals surface area contributed by atoms with Gasteiger partial charge in [0.05, 0.1) is 10.6 Å². The van der Waals surface area contributed by atoms with Crippen LogP contribution in [0, 0.1) is 11.6 Å². The summed E-state index contributed by atoms with van der Waals surface area (Å²) in [5.41, 5.74) is -0.0730. The molecule has 3 aromatic rings. The Morgan fingerprint density at radius 1 is 1.15 bits per heavy atom. The molecule has 2 heterocycles. The van der Waals surface area contributed by atoms with E-state index in [4.69, 9.17) is 11.6 Å². The molecule has 0 atom stereocenters. The van der Waals surface area contributed by atoms with E-state index in [0.29, 0.717) is 17.8 Å². The molecule has 0 spiro atoms. The predicted octanol–water partition coefficient (Wildman–Crippen LogP) is 3.66. The maximum Gasteiger partial charge on any atom is 0.272 e. The van der Waals surface area contributed by atoms with Gasteiger partial charge in [-0.15, -0.1) is 0 Å². The number of carbonyl (C=O) groups excluding carboxylic acids is 2. The Morgan fingerprint density at radius 2 is 1.89 bits per heavy atom. The van der Waals surface area contributed by atoms with Crippen molar-refractivity contribution in [2.75, 3.05) is 5.32 Å². The summed E-state index contributed by atoms with van der Waals surface area (Å²) in [5.74, 6) is -3.42. The standard InChI is InChI=1S/C18H15ClF2N4O2/c1-9(2)22-18(27)15-16(23-14-5-3-4-6-25(14)15)24-17(26)10-7-13(21)11(19)8-12(10)20/h3-9H,1-2H3,(H,22,27)(H,24,26). The molecule has 0 fully saturated rings. The van der Waals surface area contributed by atoms with Crippen molar-refractivity contribution in [2.24, 2.45) is 0 Å². The third-order valence-corrected chi connectivity index (χ3v) is 3.94. The highest BCUT2D eigenvalue weighted by molar-refractivity contribution is 6.30. The third-order valence-electron chi connectivity index (χ3n) is 3.65. The number of hydrogen-bond acceptors (Lipinski definition) is 3. The molecule has 0 saturated heterocycles. The van der Waals surface area contributed by atoms with E-state index in [1.54, 1.807) is 38.2 Å². The van der Waals surface area contributed by atoms with Crippen molar-refractivity contribution < 1.29 is 18.4 Å². The SMILES string of the molecule is CC(C)NC(=O)c1c(NC(=O)c2cc(F)c(Cl)cc2F)nc2ccccn12. The molecule has 2 amide bonds. The average Bonchev–Trinajstić information content (AvgIpc) is 2.95. The smallest absolute Gasteiger partial charge is 0.272 e. The molecule has 0 saturated carbocycles. The first-order valence-electron chi connectivity index (χ1n) is 8.01. The fourth-order valence-electron chi connectivity index (χ4n) is 2.50. The van der Waals surface area contributed by atoms with Crippen LogP contribution in [0.5, 0.6) is 0 Å². The van der Waals surface area contributed by atoms with Gasteiger partial charge in [0.25, 0.3) is 11.8 Å². The highest BCUT2D eigenvalue weighted by atomic mass is 35.5. The van der Waals surface area contributed by atoms with E-state index in [1.807, 2.05) is 0 Å². The Hall–Kier alpha value is -3.00. The number of nitrogens with zero attached hydrogens (tertiary/aromatic N) is 2. The van der Waals surface area contributed by atoms with Crippen molar-refractivity contribution >= 4 is 34.9 Å². The largest absolute Gasteiger partial charge is 0.348 e. The van der Waals surface area contributed by atoms with Crippen LogP contribution in [-0.2, 0) is 0 Å². The van der Waals surface area contributed by atoms with E-state index in [2.05, 4.69) is 15.6 Å². The summed E-state index contributed by atoms with van der Waals surface area (Å²) in [6.07, 6.45) is 1.61. The van der Waals surface area contributed by atoms with Gasteiger partial charge in [-0.05, 0) is 38.1 Å². The quantitative estimate of drug-likeness (QED) is 0.665. The maximum atomic E-state index is 14.0. The number of aromatic nitrogens is 2. The van der Waals surface area contributed by atoms with Gasteiger partial charge in [-0.3, -0.25) is 14.0 Å². The molecule has 2 N–H and O–H groups in total. The third kappa shape index (κ3) is 3.75. The minimum Gasteiger partial charge on any atom is -0.348 e. The summed E-state index contributed by atoms with van der Waals surface area (Å²) in [4.78, 5) is 29.2. The number of pyridine rings is 1. The zero-order valence-corrected chi connectivity index (χ0v) is 15.1. The number of imidazole rings is 1. The van der Waals surface area contributed by atoms with Crippen LogP contribution in [0.15, 0.2) is 36.5 Å². The molecule has 9 heteroatoms. The number of nitrogens with one attached hydrogen (secondary N) is 2. The Labute approximate surface area is 158 Å². The number of fused-ring (bicyclic) bond motifs is 1. The van der Waals surface area contributed by atoms with Gasteiger partial charge < -0.3 is 10.6 Å². The highest BCUT2D eigenvalue weighted by Gasteiger charge is 2.23. The molecule has 0 bridgehead atoms. The molecule has 0 aliphatic heterocycles.